The van der Waals surface area contributed by atoms with E-state index in [1.54, 1.807) is 32.9 Å². The highest BCUT2D eigenvalue weighted by Gasteiger charge is 2.45. The average molecular weight is 625 g/mol. The average Bonchev–Trinajstić information content (AvgIpc) is 3.20. The molecule has 36 heavy (non-hydrogen) atoms. The van der Waals surface area contributed by atoms with Crippen LogP contribution >= 0.6 is 21.0 Å². The van der Waals surface area contributed by atoms with Crippen molar-refractivity contribution in [1.82, 2.24) is 8.43 Å². The fraction of sp³-hybridized carbons (Fsp3) is 0.292. The number of nitrogens with zero attached hydrogens (tertiary/aromatic N) is 1. The highest BCUT2D eigenvalue weighted by atomic mass is 127. The number of carbonyl (C=O) groups excluding carboxylic acids is 2. The van der Waals surface area contributed by atoms with Crippen LogP contribution in [0.1, 0.15) is 45.7 Å². The zero-order valence-electron chi connectivity index (χ0n) is 19.3. The van der Waals surface area contributed by atoms with Crippen LogP contribution in [0.4, 0.5) is 32.0 Å². The molecule has 0 bridgehead atoms. The van der Waals surface area contributed by atoms with Crippen LogP contribution in [0.15, 0.2) is 54.2 Å². The van der Waals surface area contributed by atoms with E-state index in [2.05, 4.69) is 10.6 Å². The summed E-state index contributed by atoms with van der Waals surface area (Å²) in [7, 11) is 0. The van der Waals surface area contributed by atoms with E-state index in [9.17, 15) is 35.9 Å². The number of rotatable bonds is 6. The summed E-state index contributed by atoms with van der Waals surface area (Å²) in [6.45, 7) is 4.82. The molecule has 0 unspecified atom stereocenters. The molecular weight excluding hydrogens is 603 g/mol. The second-order valence-electron chi connectivity index (χ2n) is 8.25. The molecule has 0 spiro atoms. The molecule has 5 nitrogen and oxygen atoms in total. The van der Waals surface area contributed by atoms with E-state index in [0.717, 1.165) is 3.11 Å². The highest BCUT2D eigenvalue weighted by molar-refractivity contribution is 14.2. The van der Waals surface area contributed by atoms with Gasteiger partial charge >= 0.3 is 12.4 Å². The van der Waals surface area contributed by atoms with Crippen molar-refractivity contribution in [2.24, 2.45) is 0 Å². The van der Waals surface area contributed by atoms with Crippen LogP contribution in [-0.2, 0) is 6.54 Å². The van der Waals surface area contributed by atoms with Gasteiger partial charge in [0.25, 0.3) is 11.8 Å². The van der Waals surface area contributed by atoms with E-state index >= 15 is 0 Å². The van der Waals surface area contributed by atoms with Crippen LogP contribution in [-0.4, -0.2) is 36.8 Å². The van der Waals surface area contributed by atoms with Gasteiger partial charge in [-0.2, -0.15) is 26.3 Å². The minimum absolute atomic E-state index is 0.135. The molecule has 0 radical (unpaired) electrons. The minimum atomic E-state index is -4.91. The summed E-state index contributed by atoms with van der Waals surface area (Å²) < 4.78 is 78.7. The van der Waals surface area contributed by atoms with Gasteiger partial charge in [-0.1, -0.05) is 24.3 Å². The number of hydrogen-bond donors (Lipinski definition) is 2. The molecule has 2 aromatic carbocycles. The summed E-state index contributed by atoms with van der Waals surface area (Å²) in [5.41, 5.74) is 0.220. The van der Waals surface area contributed by atoms with E-state index in [0.29, 0.717) is 16.8 Å². The first-order chi connectivity index (χ1) is 16.7. The van der Waals surface area contributed by atoms with Crippen LogP contribution in [0.2, 0.25) is 0 Å². The largest absolute Gasteiger partial charge is 0.431 e. The van der Waals surface area contributed by atoms with E-state index in [-0.39, 0.29) is 29.8 Å². The van der Waals surface area contributed by atoms with E-state index in [1.807, 2.05) is 0 Å². The van der Waals surface area contributed by atoms with E-state index in [1.165, 1.54) is 30.3 Å². The summed E-state index contributed by atoms with van der Waals surface area (Å²) in [6.07, 6.45) is -9.54. The van der Waals surface area contributed by atoms with Crippen molar-refractivity contribution in [2.45, 2.75) is 45.7 Å². The maximum Gasteiger partial charge on any atom is 0.431 e. The second kappa shape index (κ2) is 10.6. The summed E-state index contributed by atoms with van der Waals surface area (Å²) >= 11 is -2.09. The Hall–Kier alpha value is -2.90. The normalized spacial score (nSPS) is 14.2. The van der Waals surface area contributed by atoms with Gasteiger partial charge in [-0.15, -0.1) is 0 Å². The molecule has 3 rings (SSSR count). The summed E-state index contributed by atoms with van der Waals surface area (Å²) in [4.78, 5) is 25.3. The predicted molar refractivity (Wildman–Crippen MR) is 133 cm³/mol. The smallest absolute Gasteiger partial charge is 0.350 e. The molecule has 0 saturated carbocycles. The molecule has 2 aromatic rings. The number of nitrogens with one attached hydrogen (secondary N) is 2. The highest BCUT2D eigenvalue weighted by Crippen LogP contribution is 2.42. The first-order valence-electron chi connectivity index (χ1n) is 10.6. The Bertz CT molecular complexity index is 1240. The van der Waals surface area contributed by atoms with Crippen molar-refractivity contribution in [3.05, 3.63) is 76.5 Å². The number of amides is 2. The third kappa shape index (κ3) is 6.65. The Balaban J connectivity index is 1.80. The lowest BCUT2D eigenvalue weighted by molar-refractivity contribution is -0.103. The Labute approximate surface area is 213 Å². The molecule has 1 heterocycles. The van der Waals surface area contributed by atoms with Gasteiger partial charge in [0.05, 0.1) is 17.7 Å². The fourth-order valence-corrected chi connectivity index (χ4v) is 5.94. The van der Waals surface area contributed by atoms with Crippen LogP contribution in [0.5, 0.6) is 0 Å². The van der Waals surface area contributed by atoms with Crippen LogP contribution < -0.4 is 10.6 Å². The number of halogens is 7. The van der Waals surface area contributed by atoms with Gasteiger partial charge in [0.2, 0.25) is 0 Å². The molecule has 12 heteroatoms. The molecule has 1 aliphatic heterocycles. The lowest BCUT2D eigenvalue weighted by Gasteiger charge is -2.22. The molecule has 2 N–H and O–H groups in total. The van der Waals surface area contributed by atoms with E-state index in [4.69, 9.17) is 0 Å². The van der Waals surface area contributed by atoms with Crippen molar-refractivity contribution in [2.75, 3.05) is 5.32 Å². The number of aryl methyl sites for hydroxylation is 1. The topological polar surface area (TPSA) is 61.4 Å². The summed E-state index contributed by atoms with van der Waals surface area (Å²) in [5.74, 6) is -0.974. The quantitative estimate of drug-likeness (QED) is 0.226. The van der Waals surface area contributed by atoms with Crippen molar-refractivity contribution in [3.8, 4) is 0 Å². The van der Waals surface area contributed by atoms with Gasteiger partial charge in [-0.3, -0.25) is 9.59 Å². The Kier molecular flexibility index (Phi) is 8.16. The molecule has 194 valence electrons. The van der Waals surface area contributed by atoms with Gasteiger partial charge in [0.1, 0.15) is 9.21 Å². The first kappa shape index (κ1) is 27.7. The minimum Gasteiger partial charge on any atom is -0.350 e. The maximum absolute atomic E-state index is 13.3. The van der Waals surface area contributed by atoms with Crippen molar-refractivity contribution < 1.29 is 35.9 Å². The third-order valence-corrected chi connectivity index (χ3v) is 7.86. The molecule has 2 amide bonds. The number of alkyl halides is 6. The SMILES string of the molecule is Cc1cc(CN2I=C(C(F)(F)F)C=C2C(F)(F)F)ccc1NC(=O)c1ccccc1C(=O)NC(C)C. The van der Waals surface area contributed by atoms with Crippen molar-refractivity contribution in [3.63, 3.8) is 0 Å². The lowest BCUT2D eigenvalue weighted by atomic mass is 10.0. The Morgan fingerprint density at radius 1 is 0.944 bits per heavy atom. The van der Waals surface area contributed by atoms with Gasteiger partial charge < -0.3 is 13.7 Å². The maximum atomic E-state index is 13.3. The number of benzene rings is 2. The summed E-state index contributed by atoms with van der Waals surface area (Å²) in [6, 6.07) is 10.5. The number of allylic oxidation sites excluding steroid dienone is 2. The molecule has 1 aliphatic rings. The molecule has 0 aromatic heterocycles. The summed E-state index contributed by atoms with van der Waals surface area (Å²) in [5, 5.41) is 5.41. The number of hydrogen-bond acceptors (Lipinski definition) is 3. The zero-order valence-corrected chi connectivity index (χ0v) is 21.5. The first-order valence-corrected chi connectivity index (χ1v) is 12.7. The third-order valence-electron chi connectivity index (χ3n) is 4.98. The van der Waals surface area contributed by atoms with Crippen LogP contribution in [0, 0.1) is 6.92 Å². The number of carbonyl (C=O) groups is 2. The molecule has 0 saturated heterocycles. The lowest BCUT2D eigenvalue weighted by Crippen LogP contribution is -2.31. The van der Waals surface area contributed by atoms with Gasteiger partial charge in [-0.25, -0.2) is 0 Å². The van der Waals surface area contributed by atoms with Crippen molar-refractivity contribution >= 4 is 42.0 Å². The molecule has 0 atom stereocenters. The van der Waals surface area contributed by atoms with Crippen LogP contribution in [0.25, 0.3) is 0 Å². The monoisotopic (exact) mass is 625 g/mol. The predicted octanol–water partition coefficient (Wildman–Crippen LogP) is 6.27. The zero-order chi connectivity index (χ0) is 26.8. The van der Waals surface area contributed by atoms with Gasteiger partial charge in [0, 0.05) is 32.7 Å². The molecule has 0 aliphatic carbocycles. The molecule has 0 fully saturated rings. The Morgan fingerprint density at radius 2 is 1.56 bits per heavy atom. The fourth-order valence-electron chi connectivity index (χ4n) is 3.37. The van der Waals surface area contributed by atoms with Crippen molar-refractivity contribution in [1.29, 1.82) is 0 Å². The molecular formula is C24H22F6IN3O2. The van der Waals surface area contributed by atoms with Gasteiger partial charge in [-0.05, 0) is 56.2 Å². The van der Waals surface area contributed by atoms with Crippen LogP contribution in [0.3, 0.4) is 0 Å². The second-order valence-corrected chi connectivity index (χ2v) is 11.1. The standard InChI is InChI=1S/C24H22F6IN3O2/c1-13(2)32-21(35)16-6-4-5-7-17(16)22(36)33-18-9-8-15(10-14(18)3)12-34-20(24(28,29)30)11-19(31-34)23(25,26)27/h4-11,13H,12H2,1-3H3,(H,32,35)(H,33,36). The van der Waals surface area contributed by atoms with Gasteiger partial charge in [0.15, 0.2) is 0 Å². The number of anilines is 1. The Morgan fingerprint density at radius 3 is 2.08 bits per heavy atom. The van der Waals surface area contributed by atoms with E-state index < -0.39 is 54.4 Å².